The molecule has 2 fully saturated rings. The van der Waals surface area contributed by atoms with Gasteiger partial charge in [-0.25, -0.2) is 8.42 Å². The van der Waals surface area contributed by atoms with Crippen molar-refractivity contribution in [2.24, 2.45) is 5.92 Å². The molecular formula is C16H23N3O3S. The predicted molar refractivity (Wildman–Crippen MR) is 91.0 cm³/mol. The number of hydrogen-bond donors (Lipinski definition) is 2. The number of hydrogen-bond acceptors (Lipinski definition) is 4. The number of carbonyl (C=O) groups is 1. The van der Waals surface area contributed by atoms with Gasteiger partial charge in [-0.1, -0.05) is 0 Å². The van der Waals surface area contributed by atoms with Crippen molar-refractivity contribution in [2.75, 3.05) is 35.0 Å². The number of amides is 1. The van der Waals surface area contributed by atoms with Gasteiger partial charge in [0.05, 0.1) is 11.4 Å². The van der Waals surface area contributed by atoms with Crippen LogP contribution >= 0.6 is 0 Å². The van der Waals surface area contributed by atoms with Crippen molar-refractivity contribution in [2.45, 2.75) is 25.7 Å². The SMILES string of the molecule is O=C(Nc1ccc(N2CCCCS2(=O)=O)cc1)C1CCNCC1. The molecule has 1 aromatic rings. The lowest BCUT2D eigenvalue weighted by atomic mass is 9.97. The van der Waals surface area contributed by atoms with Gasteiger partial charge in [0.25, 0.3) is 0 Å². The first kappa shape index (κ1) is 16.3. The van der Waals surface area contributed by atoms with Crippen LogP contribution < -0.4 is 14.9 Å². The molecule has 7 heteroatoms. The molecule has 3 rings (SSSR count). The molecule has 23 heavy (non-hydrogen) atoms. The van der Waals surface area contributed by atoms with Gasteiger partial charge in [-0.3, -0.25) is 9.10 Å². The van der Waals surface area contributed by atoms with Crippen LogP contribution in [-0.4, -0.2) is 39.7 Å². The molecule has 0 atom stereocenters. The quantitative estimate of drug-likeness (QED) is 0.877. The maximum absolute atomic E-state index is 12.2. The molecule has 0 saturated carbocycles. The van der Waals surface area contributed by atoms with Crippen LogP contribution in [-0.2, 0) is 14.8 Å². The maximum atomic E-state index is 12.2. The average molecular weight is 337 g/mol. The minimum atomic E-state index is -3.19. The van der Waals surface area contributed by atoms with Crippen molar-refractivity contribution < 1.29 is 13.2 Å². The second-order valence-electron chi connectivity index (χ2n) is 6.16. The second-order valence-corrected chi connectivity index (χ2v) is 8.17. The van der Waals surface area contributed by atoms with E-state index in [1.807, 2.05) is 0 Å². The summed E-state index contributed by atoms with van der Waals surface area (Å²) in [4.78, 5) is 12.2. The summed E-state index contributed by atoms with van der Waals surface area (Å²) in [5.74, 6) is 0.310. The molecule has 126 valence electrons. The molecule has 0 radical (unpaired) electrons. The van der Waals surface area contributed by atoms with Gasteiger partial charge in [-0.15, -0.1) is 0 Å². The Morgan fingerprint density at radius 2 is 1.83 bits per heavy atom. The third-order valence-electron chi connectivity index (χ3n) is 4.48. The lowest BCUT2D eigenvalue weighted by Crippen LogP contribution is -2.37. The zero-order valence-electron chi connectivity index (χ0n) is 13.1. The van der Waals surface area contributed by atoms with E-state index in [9.17, 15) is 13.2 Å². The van der Waals surface area contributed by atoms with E-state index in [1.54, 1.807) is 24.3 Å². The summed E-state index contributed by atoms with van der Waals surface area (Å²) in [5, 5.41) is 6.17. The molecule has 0 aromatic heterocycles. The van der Waals surface area contributed by atoms with Crippen LogP contribution in [0.25, 0.3) is 0 Å². The highest BCUT2D eigenvalue weighted by Gasteiger charge is 2.26. The zero-order valence-corrected chi connectivity index (χ0v) is 13.9. The predicted octanol–water partition coefficient (Wildman–Crippen LogP) is 1.55. The maximum Gasteiger partial charge on any atom is 0.235 e. The highest BCUT2D eigenvalue weighted by Crippen LogP contribution is 2.25. The van der Waals surface area contributed by atoms with Crippen LogP contribution in [0.15, 0.2) is 24.3 Å². The number of sulfonamides is 1. The van der Waals surface area contributed by atoms with Gasteiger partial charge in [-0.05, 0) is 63.0 Å². The largest absolute Gasteiger partial charge is 0.326 e. The molecule has 2 saturated heterocycles. The molecule has 2 aliphatic rings. The fourth-order valence-corrected chi connectivity index (χ4v) is 4.76. The number of benzene rings is 1. The number of carbonyl (C=O) groups excluding carboxylic acids is 1. The van der Waals surface area contributed by atoms with Crippen molar-refractivity contribution in [3.05, 3.63) is 24.3 Å². The number of nitrogens with one attached hydrogen (secondary N) is 2. The van der Waals surface area contributed by atoms with Crippen LogP contribution in [0.1, 0.15) is 25.7 Å². The van der Waals surface area contributed by atoms with Gasteiger partial charge in [-0.2, -0.15) is 0 Å². The molecule has 1 aromatic carbocycles. The smallest absolute Gasteiger partial charge is 0.235 e. The molecule has 0 unspecified atom stereocenters. The first-order valence-electron chi connectivity index (χ1n) is 8.18. The van der Waals surface area contributed by atoms with Crippen LogP contribution in [0.3, 0.4) is 0 Å². The lowest BCUT2D eigenvalue weighted by molar-refractivity contribution is -0.120. The molecule has 6 nitrogen and oxygen atoms in total. The zero-order chi connectivity index (χ0) is 16.3. The molecular weight excluding hydrogens is 314 g/mol. The Morgan fingerprint density at radius 3 is 2.48 bits per heavy atom. The molecule has 1 amide bonds. The van der Waals surface area contributed by atoms with Crippen LogP contribution in [0, 0.1) is 5.92 Å². The van der Waals surface area contributed by atoms with Crippen molar-refractivity contribution in [3.8, 4) is 0 Å². The summed E-state index contributed by atoms with van der Waals surface area (Å²) in [6, 6.07) is 7.08. The summed E-state index contributed by atoms with van der Waals surface area (Å²) in [7, 11) is -3.19. The first-order chi connectivity index (χ1) is 11.1. The highest BCUT2D eigenvalue weighted by atomic mass is 32.2. The Balaban J connectivity index is 1.66. The number of rotatable bonds is 3. The summed E-state index contributed by atoms with van der Waals surface area (Å²) in [6.07, 6.45) is 3.32. The van der Waals surface area contributed by atoms with E-state index in [1.165, 1.54) is 4.31 Å². The lowest BCUT2D eigenvalue weighted by Gasteiger charge is -2.28. The van der Waals surface area contributed by atoms with Crippen molar-refractivity contribution in [3.63, 3.8) is 0 Å². The molecule has 0 bridgehead atoms. The topological polar surface area (TPSA) is 78.5 Å². The van der Waals surface area contributed by atoms with E-state index in [4.69, 9.17) is 0 Å². The summed E-state index contributed by atoms with van der Waals surface area (Å²) >= 11 is 0. The average Bonchev–Trinajstić information content (AvgIpc) is 2.56. The Hall–Kier alpha value is -1.60. The monoisotopic (exact) mass is 337 g/mol. The number of anilines is 2. The summed E-state index contributed by atoms with van der Waals surface area (Å²) in [5.41, 5.74) is 1.39. The van der Waals surface area contributed by atoms with Crippen molar-refractivity contribution >= 4 is 27.3 Å². The molecule has 0 spiro atoms. The third kappa shape index (κ3) is 3.84. The van der Waals surface area contributed by atoms with Crippen LogP contribution in [0.2, 0.25) is 0 Å². The Kier molecular flexibility index (Phi) is 4.87. The number of nitrogens with zero attached hydrogens (tertiary/aromatic N) is 1. The van der Waals surface area contributed by atoms with E-state index in [0.717, 1.165) is 38.8 Å². The van der Waals surface area contributed by atoms with Gasteiger partial charge in [0.15, 0.2) is 0 Å². The van der Waals surface area contributed by atoms with E-state index in [-0.39, 0.29) is 17.6 Å². The minimum absolute atomic E-state index is 0.0462. The van der Waals surface area contributed by atoms with Crippen LogP contribution in [0.5, 0.6) is 0 Å². The first-order valence-corrected chi connectivity index (χ1v) is 9.79. The molecule has 2 N–H and O–H groups in total. The van der Waals surface area contributed by atoms with Gasteiger partial charge in [0, 0.05) is 18.2 Å². The van der Waals surface area contributed by atoms with Gasteiger partial charge in [0.1, 0.15) is 0 Å². The van der Waals surface area contributed by atoms with Gasteiger partial charge in [0.2, 0.25) is 15.9 Å². The van der Waals surface area contributed by atoms with Crippen molar-refractivity contribution in [1.29, 1.82) is 0 Å². The van der Waals surface area contributed by atoms with Gasteiger partial charge >= 0.3 is 0 Å². The molecule has 2 heterocycles. The molecule has 0 aliphatic carbocycles. The van der Waals surface area contributed by atoms with Gasteiger partial charge < -0.3 is 10.6 Å². The van der Waals surface area contributed by atoms with E-state index >= 15 is 0 Å². The Morgan fingerprint density at radius 1 is 1.13 bits per heavy atom. The highest BCUT2D eigenvalue weighted by molar-refractivity contribution is 7.92. The van der Waals surface area contributed by atoms with E-state index in [2.05, 4.69) is 10.6 Å². The second kappa shape index (κ2) is 6.88. The minimum Gasteiger partial charge on any atom is -0.326 e. The Bertz CT molecular complexity index is 652. The fraction of sp³-hybridized carbons (Fsp3) is 0.562. The Labute approximate surface area is 137 Å². The summed E-state index contributed by atoms with van der Waals surface area (Å²) < 4.78 is 25.7. The molecule has 2 aliphatic heterocycles. The normalized spacial score (nSPS) is 21.8. The third-order valence-corrected chi connectivity index (χ3v) is 6.35. The summed E-state index contributed by atoms with van der Waals surface area (Å²) in [6.45, 7) is 2.29. The fourth-order valence-electron chi connectivity index (χ4n) is 3.12. The van der Waals surface area contributed by atoms with Crippen molar-refractivity contribution in [1.82, 2.24) is 5.32 Å². The van der Waals surface area contributed by atoms with E-state index < -0.39 is 10.0 Å². The van der Waals surface area contributed by atoms with E-state index in [0.29, 0.717) is 17.9 Å². The standard InChI is InChI=1S/C16H23N3O3S/c20-16(13-7-9-17-10-8-13)18-14-3-5-15(6-4-14)19-11-1-2-12-23(19,21)22/h3-6,13,17H,1-2,7-12H2,(H,18,20). The number of piperidine rings is 1. The van der Waals surface area contributed by atoms with Crippen LogP contribution in [0.4, 0.5) is 11.4 Å².